The van der Waals surface area contributed by atoms with Crippen LogP contribution in [0.5, 0.6) is 5.75 Å². The molecule has 0 spiro atoms. The molecule has 0 saturated heterocycles. The summed E-state index contributed by atoms with van der Waals surface area (Å²) < 4.78 is 5.29. The number of ether oxygens (including phenoxy) is 1. The van der Waals surface area contributed by atoms with Crippen LogP contribution in [0.4, 0.5) is 0 Å². The fraction of sp³-hybridized carbons (Fsp3) is 0.188. The van der Waals surface area contributed by atoms with Gasteiger partial charge in [-0.15, -0.1) is 0 Å². The summed E-state index contributed by atoms with van der Waals surface area (Å²) in [6.07, 6.45) is 0.438. The molecule has 20 heavy (non-hydrogen) atoms. The van der Waals surface area contributed by atoms with E-state index in [-0.39, 0.29) is 11.7 Å². The van der Waals surface area contributed by atoms with E-state index in [2.05, 4.69) is 0 Å². The highest BCUT2D eigenvalue weighted by Gasteiger charge is 2.33. The molecule has 1 aliphatic carbocycles. The lowest BCUT2D eigenvalue weighted by molar-refractivity contribution is 0.0989. The van der Waals surface area contributed by atoms with Crippen molar-refractivity contribution in [3.63, 3.8) is 0 Å². The number of hydrogen-bond acceptors (Lipinski definition) is 2. The molecule has 0 N–H and O–H groups in total. The predicted octanol–water partition coefficient (Wildman–Crippen LogP) is 4.72. The molecule has 1 aliphatic rings. The fourth-order valence-corrected chi connectivity index (χ4v) is 3.04. The lowest BCUT2D eigenvalue weighted by atomic mass is 9.93. The molecule has 0 radical (unpaired) electrons. The van der Waals surface area contributed by atoms with Crippen LogP contribution in [-0.4, -0.2) is 12.9 Å². The SMILES string of the molecule is COc1cccc2c1C(=O)CC2c1ccc(Cl)c(Cl)c1. The van der Waals surface area contributed by atoms with E-state index in [0.29, 0.717) is 27.8 Å². The molecule has 0 saturated carbocycles. The second-order valence-corrected chi connectivity index (χ2v) is 5.59. The number of Topliss-reactive ketones (excluding diaryl/α,β-unsaturated/α-hetero) is 1. The maximum Gasteiger partial charge on any atom is 0.167 e. The molecule has 4 heteroatoms. The molecule has 0 amide bonds. The number of benzene rings is 2. The van der Waals surface area contributed by atoms with Crippen molar-refractivity contribution in [3.8, 4) is 5.75 Å². The van der Waals surface area contributed by atoms with Gasteiger partial charge in [0.25, 0.3) is 0 Å². The van der Waals surface area contributed by atoms with Crippen LogP contribution in [0.25, 0.3) is 0 Å². The number of carbonyl (C=O) groups excluding carboxylic acids is 1. The number of halogens is 2. The fourth-order valence-electron chi connectivity index (χ4n) is 2.73. The molecule has 1 unspecified atom stereocenters. The van der Waals surface area contributed by atoms with Crippen LogP contribution < -0.4 is 4.74 Å². The molecule has 0 aliphatic heterocycles. The molecule has 3 rings (SSSR count). The van der Waals surface area contributed by atoms with E-state index in [1.807, 2.05) is 30.3 Å². The molecule has 102 valence electrons. The Morgan fingerprint density at radius 1 is 1.15 bits per heavy atom. The smallest absolute Gasteiger partial charge is 0.167 e. The van der Waals surface area contributed by atoms with Crippen LogP contribution in [0.15, 0.2) is 36.4 Å². The summed E-state index contributed by atoms with van der Waals surface area (Å²) in [5.41, 5.74) is 2.68. The number of carbonyl (C=O) groups is 1. The minimum absolute atomic E-state index is 0.0161. The molecule has 0 fully saturated rings. The zero-order valence-electron chi connectivity index (χ0n) is 10.8. The zero-order chi connectivity index (χ0) is 14.3. The van der Waals surface area contributed by atoms with Crippen LogP contribution in [0.2, 0.25) is 10.0 Å². The van der Waals surface area contributed by atoms with Crippen LogP contribution in [0, 0.1) is 0 Å². The van der Waals surface area contributed by atoms with E-state index in [0.717, 1.165) is 11.1 Å². The first kappa shape index (κ1) is 13.5. The van der Waals surface area contributed by atoms with Crippen molar-refractivity contribution in [3.05, 3.63) is 63.1 Å². The van der Waals surface area contributed by atoms with Crippen LogP contribution in [-0.2, 0) is 0 Å². The number of hydrogen-bond donors (Lipinski definition) is 0. The Kier molecular flexibility index (Phi) is 3.45. The van der Waals surface area contributed by atoms with Gasteiger partial charge in [0.15, 0.2) is 5.78 Å². The lowest BCUT2D eigenvalue weighted by Crippen LogP contribution is -1.97. The third-order valence-electron chi connectivity index (χ3n) is 3.67. The second kappa shape index (κ2) is 5.12. The van der Waals surface area contributed by atoms with Crippen molar-refractivity contribution in [2.24, 2.45) is 0 Å². The number of ketones is 1. The Labute approximate surface area is 127 Å². The molecule has 2 aromatic carbocycles. The molecule has 0 aromatic heterocycles. The normalized spacial score (nSPS) is 17.1. The third kappa shape index (κ3) is 2.09. The number of rotatable bonds is 2. The first-order valence-electron chi connectivity index (χ1n) is 6.27. The third-order valence-corrected chi connectivity index (χ3v) is 4.41. The Bertz CT molecular complexity index is 695. The Hall–Kier alpha value is -1.51. The van der Waals surface area contributed by atoms with Gasteiger partial charge in [-0.05, 0) is 29.3 Å². The topological polar surface area (TPSA) is 26.3 Å². The average molecular weight is 307 g/mol. The van der Waals surface area contributed by atoms with E-state index in [4.69, 9.17) is 27.9 Å². The highest BCUT2D eigenvalue weighted by atomic mass is 35.5. The lowest BCUT2D eigenvalue weighted by Gasteiger charge is -2.13. The second-order valence-electron chi connectivity index (χ2n) is 4.78. The van der Waals surface area contributed by atoms with Gasteiger partial charge in [0, 0.05) is 12.3 Å². The van der Waals surface area contributed by atoms with Gasteiger partial charge in [-0.3, -0.25) is 4.79 Å². The summed E-state index contributed by atoms with van der Waals surface area (Å²) in [4.78, 5) is 12.2. The van der Waals surface area contributed by atoms with Crippen molar-refractivity contribution in [1.82, 2.24) is 0 Å². The molecular weight excluding hydrogens is 295 g/mol. The minimum atomic E-state index is 0.0161. The van der Waals surface area contributed by atoms with Crippen LogP contribution in [0.3, 0.4) is 0 Å². The molecule has 0 heterocycles. The van der Waals surface area contributed by atoms with E-state index in [1.165, 1.54) is 0 Å². The highest BCUT2D eigenvalue weighted by molar-refractivity contribution is 6.42. The molecule has 2 aromatic rings. The number of methoxy groups -OCH3 is 1. The summed E-state index contributed by atoms with van der Waals surface area (Å²) in [6, 6.07) is 11.2. The van der Waals surface area contributed by atoms with Gasteiger partial charge in [-0.1, -0.05) is 41.4 Å². The summed E-state index contributed by atoms with van der Waals surface area (Å²) in [7, 11) is 1.58. The van der Waals surface area contributed by atoms with E-state index in [9.17, 15) is 4.79 Å². The van der Waals surface area contributed by atoms with E-state index in [1.54, 1.807) is 13.2 Å². The Balaban J connectivity index is 2.11. The van der Waals surface area contributed by atoms with E-state index < -0.39 is 0 Å². The van der Waals surface area contributed by atoms with Gasteiger partial charge in [0.05, 0.1) is 22.7 Å². The average Bonchev–Trinajstić information content (AvgIpc) is 2.79. The molecular formula is C16H12Cl2O2. The van der Waals surface area contributed by atoms with Crippen molar-refractivity contribution in [1.29, 1.82) is 0 Å². The summed E-state index contributed by atoms with van der Waals surface area (Å²) in [6.45, 7) is 0. The minimum Gasteiger partial charge on any atom is -0.496 e. The van der Waals surface area contributed by atoms with Crippen molar-refractivity contribution in [2.45, 2.75) is 12.3 Å². The van der Waals surface area contributed by atoms with Gasteiger partial charge in [-0.25, -0.2) is 0 Å². The van der Waals surface area contributed by atoms with Crippen LogP contribution in [0.1, 0.15) is 33.8 Å². The van der Waals surface area contributed by atoms with Gasteiger partial charge in [0.1, 0.15) is 5.75 Å². The quantitative estimate of drug-likeness (QED) is 0.802. The summed E-state index contributed by atoms with van der Waals surface area (Å²) >= 11 is 12.0. The first-order chi connectivity index (χ1) is 9.61. The van der Waals surface area contributed by atoms with Crippen LogP contribution >= 0.6 is 23.2 Å². The zero-order valence-corrected chi connectivity index (χ0v) is 12.3. The van der Waals surface area contributed by atoms with Gasteiger partial charge in [0.2, 0.25) is 0 Å². The first-order valence-corrected chi connectivity index (χ1v) is 7.02. The Morgan fingerprint density at radius 2 is 1.95 bits per heavy atom. The van der Waals surface area contributed by atoms with E-state index >= 15 is 0 Å². The Morgan fingerprint density at radius 3 is 2.65 bits per heavy atom. The maximum absolute atomic E-state index is 12.2. The van der Waals surface area contributed by atoms with Crippen molar-refractivity contribution < 1.29 is 9.53 Å². The predicted molar refractivity (Wildman–Crippen MR) is 80.2 cm³/mol. The maximum atomic E-state index is 12.2. The molecule has 2 nitrogen and oxygen atoms in total. The standard InChI is InChI=1S/C16H12Cl2O2/c1-20-15-4-2-3-10-11(8-14(19)16(10)15)9-5-6-12(17)13(18)7-9/h2-7,11H,8H2,1H3. The monoisotopic (exact) mass is 306 g/mol. The molecule has 1 atom stereocenters. The highest BCUT2D eigenvalue weighted by Crippen LogP contribution is 2.42. The summed E-state index contributed by atoms with van der Waals surface area (Å²) in [5, 5.41) is 1.03. The largest absolute Gasteiger partial charge is 0.496 e. The van der Waals surface area contributed by atoms with Crippen molar-refractivity contribution >= 4 is 29.0 Å². The van der Waals surface area contributed by atoms with Crippen molar-refractivity contribution in [2.75, 3.05) is 7.11 Å². The van der Waals surface area contributed by atoms with Gasteiger partial charge in [-0.2, -0.15) is 0 Å². The molecule has 0 bridgehead atoms. The van der Waals surface area contributed by atoms with Gasteiger partial charge >= 0.3 is 0 Å². The number of fused-ring (bicyclic) bond motifs is 1. The van der Waals surface area contributed by atoms with Gasteiger partial charge < -0.3 is 4.74 Å². The summed E-state index contributed by atoms with van der Waals surface area (Å²) in [5.74, 6) is 0.756.